The van der Waals surface area contributed by atoms with Gasteiger partial charge in [-0.1, -0.05) is 6.07 Å². The molecule has 0 radical (unpaired) electrons. The second kappa shape index (κ2) is 5.56. The van der Waals surface area contributed by atoms with Crippen molar-refractivity contribution < 1.29 is 17.9 Å². The van der Waals surface area contributed by atoms with E-state index in [0.717, 1.165) is 17.5 Å². The summed E-state index contributed by atoms with van der Waals surface area (Å²) in [7, 11) is -1.67. The summed E-state index contributed by atoms with van der Waals surface area (Å²) in [5, 5.41) is -0.336. The first-order valence-corrected chi connectivity index (χ1v) is 8.46. The molecule has 0 N–H and O–H groups in total. The molecular formula is C15H20O4S. The Morgan fingerprint density at radius 1 is 1.30 bits per heavy atom. The number of hydrogen-bond acceptors (Lipinski definition) is 4. The van der Waals surface area contributed by atoms with Gasteiger partial charge in [0.1, 0.15) is 0 Å². The van der Waals surface area contributed by atoms with Gasteiger partial charge >= 0.3 is 5.97 Å². The number of ether oxygens (including phenoxy) is 1. The van der Waals surface area contributed by atoms with Crippen molar-refractivity contribution in [1.82, 2.24) is 0 Å². The maximum atomic E-state index is 12.0. The first kappa shape index (κ1) is 15.0. The lowest BCUT2D eigenvalue weighted by atomic mass is 10.1. The fourth-order valence-electron chi connectivity index (χ4n) is 2.59. The molecule has 110 valence electrons. The minimum absolute atomic E-state index is 0.116. The summed E-state index contributed by atoms with van der Waals surface area (Å²) in [5.41, 5.74) is 2.73. The molecular weight excluding hydrogens is 276 g/mol. The lowest BCUT2D eigenvalue weighted by Gasteiger charge is -2.12. The Morgan fingerprint density at radius 2 is 1.95 bits per heavy atom. The van der Waals surface area contributed by atoms with E-state index >= 15 is 0 Å². The van der Waals surface area contributed by atoms with Gasteiger partial charge in [0, 0.05) is 0 Å². The standard InChI is InChI=1S/C15H20O4S/c1-10(2)20(17,18)9-11-6-12-4-5-13(15(16)19-3)8-14(12)7-11/h4-5,8,10-11H,6-7,9H2,1-3H3/t11-/m0/s1. The molecule has 20 heavy (non-hydrogen) atoms. The van der Waals surface area contributed by atoms with Gasteiger partial charge in [0.2, 0.25) is 0 Å². The third kappa shape index (κ3) is 3.03. The predicted octanol–water partition coefficient (Wildman–Crippen LogP) is 2.01. The van der Waals surface area contributed by atoms with Crippen LogP contribution in [0.5, 0.6) is 0 Å². The van der Waals surface area contributed by atoms with Gasteiger partial charge in [-0.25, -0.2) is 13.2 Å². The molecule has 0 aromatic heterocycles. The highest BCUT2D eigenvalue weighted by atomic mass is 32.2. The van der Waals surface area contributed by atoms with Gasteiger partial charge in [-0.2, -0.15) is 0 Å². The van der Waals surface area contributed by atoms with Crippen molar-refractivity contribution in [2.45, 2.75) is 31.9 Å². The van der Waals surface area contributed by atoms with Gasteiger partial charge in [-0.15, -0.1) is 0 Å². The summed E-state index contributed by atoms with van der Waals surface area (Å²) >= 11 is 0. The van der Waals surface area contributed by atoms with Crippen LogP contribution in [0.3, 0.4) is 0 Å². The smallest absolute Gasteiger partial charge is 0.337 e. The van der Waals surface area contributed by atoms with Crippen molar-refractivity contribution in [2.24, 2.45) is 5.92 Å². The Balaban J connectivity index is 2.14. The number of methoxy groups -OCH3 is 1. The molecule has 2 rings (SSSR count). The molecule has 0 amide bonds. The molecule has 1 aliphatic carbocycles. The van der Waals surface area contributed by atoms with Gasteiger partial charge in [0.15, 0.2) is 9.84 Å². The molecule has 0 unspecified atom stereocenters. The van der Waals surface area contributed by atoms with E-state index < -0.39 is 9.84 Å². The van der Waals surface area contributed by atoms with Crippen LogP contribution in [0.25, 0.3) is 0 Å². The van der Waals surface area contributed by atoms with Crippen molar-refractivity contribution in [3.05, 3.63) is 34.9 Å². The molecule has 1 aromatic carbocycles. The van der Waals surface area contributed by atoms with Gasteiger partial charge in [0.05, 0.1) is 23.7 Å². The van der Waals surface area contributed by atoms with Crippen LogP contribution in [-0.4, -0.2) is 32.5 Å². The van der Waals surface area contributed by atoms with E-state index in [4.69, 9.17) is 4.74 Å². The van der Waals surface area contributed by atoms with E-state index in [1.807, 2.05) is 12.1 Å². The van der Waals surface area contributed by atoms with Crippen molar-refractivity contribution in [2.75, 3.05) is 12.9 Å². The number of hydrogen-bond donors (Lipinski definition) is 0. The average molecular weight is 296 g/mol. The number of sulfone groups is 1. The summed E-state index contributed by atoms with van der Waals surface area (Å²) in [6, 6.07) is 5.47. The van der Waals surface area contributed by atoms with Crippen LogP contribution >= 0.6 is 0 Å². The Kier molecular flexibility index (Phi) is 4.18. The molecule has 1 aromatic rings. The highest BCUT2D eigenvalue weighted by Gasteiger charge is 2.28. The normalized spacial score (nSPS) is 18.1. The highest BCUT2D eigenvalue weighted by Crippen LogP contribution is 2.29. The summed E-state index contributed by atoms with van der Waals surface area (Å²) in [6.45, 7) is 3.43. The minimum atomic E-state index is -3.02. The fraction of sp³-hybridized carbons (Fsp3) is 0.533. The highest BCUT2D eigenvalue weighted by molar-refractivity contribution is 7.91. The van der Waals surface area contributed by atoms with Gasteiger partial charge in [0.25, 0.3) is 0 Å². The number of rotatable bonds is 4. The number of carbonyl (C=O) groups excluding carboxylic acids is 1. The van der Waals surface area contributed by atoms with Crippen LogP contribution < -0.4 is 0 Å². The lowest BCUT2D eigenvalue weighted by molar-refractivity contribution is 0.0600. The van der Waals surface area contributed by atoms with E-state index in [-0.39, 0.29) is 22.9 Å². The minimum Gasteiger partial charge on any atom is -0.465 e. The van der Waals surface area contributed by atoms with Gasteiger partial charge in [-0.05, 0) is 55.9 Å². The molecule has 5 heteroatoms. The number of benzene rings is 1. The summed E-state index contributed by atoms with van der Waals surface area (Å²) < 4.78 is 28.7. The molecule has 0 saturated carbocycles. The predicted molar refractivity (Wildman–Crippen MR) is 77.6 cm³/mol. The van der Waals surface area contributed by atoms with Crippen molar-refractivity contribution in [3.63, 3.8) is 0 Å². The molecule has 0 aliphatic heterocycles. The van der Waals surface area contributed by atoms with Crippen LogP contribution in [0.4, 0.5) is 0 Å². The SMILES string of the molecule is COC(=O)c1ccc2c(c1)C[C@@H](CS(=O)(=O)C(C)C)C2. The van der Waals surface area contributed by atoms with Crippen LogP contribution in [0, 0.1) is 5.92 Å². The monoisotopic (exact) mass is 296 g/mol. The van der Waals surface area contributed by atoms with Crippen LogP contribution in [0.15, 0.2) is 18.2 Å². The van der Waals surface area contributed by atoms with Crippen molar-refractivity contribution in [3.8, 4) is 0 Å². The molecule has 0 bridgehead atoms. The van der Waals surface area contributed by atoms with Crippen LogP contribution in [0.1, 0.15) is 35.3 Å². The maximum absolute atomic E-state index is 12.0. The molecule has 0 heterocycles. The average Bonchev–Trinajstić information content (AvgIpc) is 2.77. The molecule has 1 atom stereocenters. The fourth-order valence-corrected chi connectivity index (χ4v) is 3.87. The van der Waals surface area contributed by atoms with E-state index in [0.29, 0.717) is 12.0 Å². The summed E-state index contributed by atoms with van der Waals surface area (Å²) in [5.74, 6) is -0.0243. The van der Waals surface area contributed by atoms with E-state index in [9.17, 15) is 13.2 Å². The zero-order chi connectivity index (χ0) is 14.9. The topological polar surface area (TPSA) is 60.4 Å². The molecule has 0 spiro atoms. The third-order valence-corrected chi connectivity index (χ3v) is 6.20. The van der Waals surface area contributed by atoms with E-state index in [2.05, 4.69) is 0 Å². The number of esters is 1. The Hall–Kier alpha value is -1.36. The van der Waals surface area contributed by atoms with Gasteiger partial charge in [-0.3, -0.25) is 0 Å². The molecule has 0 fully saturated rings. The molecule has 4 nitrogen and oxygen atoms in total. The van der Waals surface area contributed by atoms with Crippen molar-refractivity contribution >= 4 is 15.8 Å². The maximum Gasteiger partial charge on any atom is 0.337 e. The second-order valence-corrected chi connectivity index (χ2v) is 8.23. The first-order chi connectivity index (χ1) is 9.33. The zero-order valence-electron chi connectivity index (χ0n) is 12.0. The molecule has 0 saturated heterocycles. The zero-order valence-corrected chi connectivity index (χ0v) is 12.9. The Bertz CT molecular complexity index is 617. The Labute approximate surface area is 120 Å². The quantitative estimate of drug-likeness (QED) is 0.797. The van der Waals surface area contributed by atoms with Gasteiger partial charge < -0.3 is 4.74 Å². The second-order valence-electron chi connectivity index (χ2n) is 5.63. The number of fused-ring (bicyclic) bond motifs is 1. The molecule has 1 aliphatic rings. The van der Waals surface area contributed by atoms with E-state index in [1.54, 1.807) is 19.9 Å². The Morgan fingerprint density at radius 3 is 2.55 bits per heavy atom. The largest absolute Gasteiger partial charge is 0.465 e. The lowest BCUT2D eigenvalue weighted by Crippen LogP contribution is -2.23. The van der Waals surface area contributed by atoms with E-state index in [1.165, 1.54) is 7.11 Å². The summed E-state index contributed by atoms with van der Waals surface area (Å²) in [6.07, 6.45) is 1.48. The van der Waals surface area contributed by atoms with Crippen LogP contribution in [-0.2, 0) is 27.4 Å². The number of carbonyl (C=O) groups is 1. The van der Waals surface area contributed by atoms with Crippen molar-refractivity contribution in [1.29, 1.82) is 0 Å². The van der Waals surface area contributed by atoms with Crippen LogP contribution in [0.2, 0.25) is 0 Å². The summed E-state index contributed by atoms with van der Waals surface area (Å²) in [4.78, 5) is 11.5. The first-order valence-electron chi connectivity index (χ1n) is 6.75. The third-order valence-electron chi connectivity index (χ3n) is 3.83.